The number of aliphatic hydroxyl groups is 1. The number of rotatable bonds is 7. The minimum atomic E-state index is -0.787. The van der Waals surface area contributed by atoms with Gasteiger partial charge < -0.3 is 14.7 Å². The molecule has 0 spiro atoms. The quantitative estimate of drug-likeness (QED) is 0.176. The van der Waals surface area contributed by atoms with Crippen molar-refractivity contribution in [3.05, 3.63) is 136 Å². The molecule has 5 rings (SSSR count). The summed E-state index contributed by atoms with van der Waals surface area (Å²) in [7, 11) is 0. The van der Waals surface area contributed by atoms with Crippen LogP contribution in [0.15, 0.2) is 103 Å². The van der Waals surface area contributed by atoms with Crippen LogP contribution in [0.4, 0.5) is 0 Å². The number of ether oxygens (including phenoxy) is 1. The van der Waals surface area contributed by atoms with Gasteiger partial charge in [-0.15, -0.1) is 0 Å². The zero-order valence-electron chi connectivity index (χ0n) is 20.7. The molecule has 7 heteroatoms. The molecule has 0 saturated carbocycles. The normalized spacial score (nSPS) is 16.6. The third kappa shape index (κ3) is 5.31. The van der Waals surface area contributed by atoms with Gasteiger partial charge >= 0.3 is 0 Å². The van der Waals surface area contributed by atoms with E-state index in [2.05, 4.69) is 11.1 Å². The van der Waals surface area contributed by atoms with Gasteiger partial charge in [-0.2, -0.15) is 0 Å². The summed E-state index contributed by atoms with van der Waals surface area (Å²) < 4.78 is 5.89. The number of hydrogen-bond donors (Lipinski definition) is 1. The predicted molar refractivity (Wildman–Crippen MR) is 145 cm³/mol. The fourth-order valence-corrected chi connectivity index (χ4v) is 4.68. The summed E-state index contributed by atoms with van der Waals surface area (Å²) in [4.78, 5) is 32.0. The molecule has 3 aromatic carbocycles. The second-order valence-corrected chi connectivity index (χ2v) is 9.58. The van der Waals surface area contributed by atoms with Crippen molar-refractivity contribution in [3.8, 4) is 5.75 Å². The maximum absolute atomic E-state index is 13.2. The number of carbonyl (C=O) groups is 2. The zero-order valence-corrected chi connectivity index (χ0v) is 21.4. The molecule has 190 valence electrons. The van der Waals surface area contributed by atoms with Gasteiger partial charge in [0.1, 0.15) is 18.1 Å². The van der Waals surface area contributed by atoms with E-state index in [1.807, 2.05) is 31.2 Å². The third-order valence-electron chi connectivity index (χ3n) is 6.42. The first kappa shape index (κ1) is 25.2. The van der Waals surface area contributed by atoms with Gasteiger partial charge in [-0.1, -0.05) is 59.6 Å². The van der Waals surface area contributed by atoms with Crippen LogP contribution in [0.2, 0.25) is 5.02 Å². The van der Waals surface area contributed by atoms with Gasteiger partial charge in [0, 0.05) is 29.5 Å². The maximum atomic E-state index is 13.2. The Morgan fingerprint density at radius 2 is 1.71 bits per heavy atom. The summed E-state index contributed by atoms with van der Waals surface area (Å²) >= 11 is 6.09. The Labute approximate surface area is 225 Å². The van der Waals surface area contributed by atoms with Crippen molar-refractivity contribution in [2.45, 2.75) is 26.1 Å². The minimum absolute atomic E-state index is 0.0228. The molecule has 0 bridgehead atoms. The van der Waals surface area contributed by atoms with Crippen LogP contribution in [0.25, 0.3) is 5.76 Å². The number of halogens is 1. The molecule has 0 radical (unpaired) electrons. The van der Waals surface area contributed by atoms with Crippen LogP contribution in [0.3, 0.4) is 0 Å². The number of aliphatic hydroxyl groups excluding tert-OH is 1. The van der Waals surface area contributed by atoms with Gasteiger partial charge in [0.2, 0.25) is 0 Å². The molecular formula is C31H25ClN2O4. The molecule has 1 aliphatic rings. The number of likely N-dealkylation sites (tertiary alicyclic amines) is 1. The molecule has 0 aliphatic carbocycles. The topological polar surface area (TPSA) is 79.7 Å². The highest BCUT2D eigenvalue weighted by Crippen LogP contribution is 2.40. The van der Waals surface area contributed by atoms with E-state index in [9.17, 15) is 14.7 Å². The lowest BCUT2D eigenvalue weighted by atomic mass is 9.95. The minimum Gasteiger partial charge on any atom is -0.507 e. The van der Waals surface area contributed by atoms with Gasteiger partial charge in [-0.25, -0.2) is 0 Å². The molecule has 2 heterocycles. The Kier molecular flexibility index (Phi) is 7.24. The fourth-order valence-electron chi connectivity index (χ4n) is 4.56. The van der Waals surface area contributed by atoms with E-state index in [-0.39, 0.29) is 17.9 Å². The van der Waals surface area contributed by atoms with E-state index >= 15 is 0 Å². The van der Waals surface area contributed by atoms with E-state index in [1.54, 1.807) is 67.0 Å². The Balaban J connectivity index is 1.47. The summed E-state index contributed by atoms with van der Waals surface area (Å²) in [5.74, 6) is -1.06. The molecule has 1 fully saturated rings. The summed E-state index contributed by atoms with van der Waals surface area (Å²) in [5.41, 5.74) is 4.07. The molecule has 1 aliphatic heterocycles. The van der Waals surface area contributed by atoms with Crippen LogP contribution in [0, 0.1) is 6.92 Å². The van der Waals surface area contributed by atoms with Gasteiger partial charge in [0.05, 0.1) is 11.6 Å². The Morgan fingerprint density at radius 1 is 0.974 bits per heavy atom. The molecule has 1 aromatic heterocycles. The van der Waals surface area contributed by atoms with Crippen LogP contribution in [-0.2, 0) is 22.7 Å². The van der Waals surface area contributed by atoms with Crippen molar-refractivity contribution in [1.29, 1.82) is 0 Å². The Hall–Kier alpha value is -4.42. The van der Waals surface area contributed by atoms with Crippen LogP contribution >= 0.6 is 11.6 Å². The zero-order chi connectivity index (χ0) is 26.6. The van der Waals surface area contributed by atoms with Crippen molar-refractivity contribution in [2.24, 2.45) is 0 Å². The van der Waals surface area contributed by atoms with E-state index in [0.29, 0.717) is 28.5 Å². The van der Waals surface area contributed by atoms with Crippen molar-refractivity contribution in [2.75, 3.05) is 0 Å². The monoisotopic (exact) mass is 524 g/mol. The summed E-state index contributed by atoms with van der Waals surface area (Å²) in [6.45, 7) is 2.59. The number of hydrogen-bond acceptors (Lipinski definition) is 5. The molecule has 38 heavy (non-hydrogen) atoms. The SMILES string of the molecule is Cc1cccc(COc2ccc(/C(O)=C3\C(=O)C(=O)N(Cc4cccnc4)C3c3ccc(Cl)cc3)cc2)c1. The molecule has 6 nitrogen and oxygen atoms in total. The number of ketones is 1. The van der Waals surface area contributed by atoms with Gasteiger partial charge in [0.15, 0.2) is 0 Å². The number of amides is 1. The first-order valence-electron chi connectivity index (χ1n) is 12.1. The smallest absolute Gasteiger partial charge is 0.295 e. The predicted octanol–water partition coefficient (Wildman–Crippen LogP) is 6.24. The molecular weight excluding hydrogens is 500 g/mol. The lowest BCUT2D eigenvalue weighted by molar-refractivity contribution is -0.140. The number of carbonyl (C=O) groups excluding carboxylic acids is 2. The molecule has 1 unspecified atom stereocenters. The second kappa shape index (κ2) is 10.9. The fraction of sp³-hybridized carbons (Fsp3) is 0.129. The molecule has 1 amide bonds. The van der Waals surface area contributed by atoms with Gasteiger partial charge in [-0.3, -0.25) is 14.6 Å². The number of nitrogens with zero attached hydrogens (tertiary/aromatic N) is 2. The number of benzene rings is 3. The molecule has 1 N–H and O–H groups in total. The first-order chi connectivity index (χ1) is 18.4. The molecule has 4 aromatic rings. The second-order valence-electron chi connectivity index (χ2n) is 9.14. The standard InChI is InChI=1S/C31H25ClN2O4/c1-20-4-2-5-21(16-20)19-38-26-13-9-24(10-14-26)29(35)27-28(23-7-11-25(32)12-8-23)34(31(37)30(27)36)18-22-6-3-15-33-17-22/h2-17,28,35H,18-19H2,1H3/b29-27+. The van der Waals surface area contributed by atoms with Gasteiger partial charge in [0.25, 0.3) is 11.7 Å². The third-order valence-corrected chi connectivity index (χ3v) is 6.67. The highest BCUT2D eigenvalue weighted by molar-refractivity contribution is 6.46. The number of pyridine rings is 1. The van der Waals surface area contributed by atoms with Crippen LogP contribution in [0.5, 0.6) is 5.75 Å². The maximum Gasteiger partial charge on any atom is 0.295 e. The largest absolute Gasteiger partial charge is 0.507 e. The number of Topliss-reactive ketones (excluding diaryl/α,β-unsaturated/α-hetero) is 1. The van der Waals surface area contributed by atoms with E-state index < -0.39 is 17.7 Å². The highest BCUT2D eigenvalue weighted by Gasteiger charge is 2.46. The van der Waals surface area contributed by atoms with E-state index in [4.69, 9.17) is 16.3 Å². The number of aryl methyl sites for hydroxylation is 1. The lowest BCUT2D eigenvalue weighted by Gasteiger charge is -2.25. The average Bonchev–Trinajstić information content (AvgIpc) is 3.18. The average molecular weight is 525 g/mol. The van der Waals surface area contributed by atoms with Crippen molar-refractivity contribution in [3.63, 3.8) is 0 Å². The summed E-state index contributed by atoms with van der Waals surface area (Å²) in [6, 6.07) is 24.6. The highest BCUT2D eigenvalue weighted by atomic mass is 35.5. The summed E-state index contributed by atoms with van der Waals surface area (Å²) in [6.07, 6.45) is 3.29. The Bertz CT molecular complexity index is 1500. The van der Waals surface area contributed by atoms with Gasteiger partial charge in [-0.05, 0) is 66.1 Å². The molecule has 1 atom stereocenters. The van der Waals surface area contributed by atoms with E-state index in [1.165, 1.54) is 4.90 Å². The van der Waals surface area contributed by atoms with Crippen molar-refractivity contribution in [1.82, 2.24) is 9.88 Å². The van der Waals surface area contributed by atoms with Crippen LogP contribution in [0.1, 0.15) is 33.9 Å². The van der Waals surface area contributed by atoms with Crippen molar-refractivity contribution < 1.29 is 19.4 Å². The number of aromatic nitrogens is 1. The molecule has 1 saturated heterocycles. The van der Waals surface area contributed by atoms with Crippen LogP contribution < -0.4 is 4.74 Å². The van der Waals surface area contributed by atoms with Crippen LogP contribution in [-0.4, -0.2) is 26.7 Å². The lowest BCUT2D eigenvalue weighted by Crippen LogP contribution is -2.29. The first-order valence-corrected chi connectivity index (χ1v) is 12.5. The Morgan fingerprint density at radius 3 is 2.39 bits per heavy atom. The summed E-state index contributed by atoms with van der Waals surface area (Å²) in [5, 5.41) is 11.8. The van der Waals surface area contributed by atoms with E-state index in [0.717, 1.165) is 16.7 Å². The van der Waals surface area contributed by atoms with Crippen molar-refractivity contribution >= 4 is 29.1 Å².